The van der Waals surface area contributed by atoms with Gasteiger partial charge in [-0.05, 0) is 50.4 Å². The van der Waals surface area contributed by atoms with E-state index in [0.717, 1.165) is 64.1 Å². The molecule has 1 aromatic rings. The first kappa shape index (κ1) is 25.8. The summed E-state index contributed by atoms with van der Waals surface area (Å²) in [6, 6.07) is 7.16. The Balaban J connectivity index is 1.76. The number of piperazine rings is 1. The fraction of sp³-hybridized carbons (Fsp3) is 0.696. The minimum absolute atomic E-state index is 0.268. The first-order chi connectivity index (χ1) is 14.7. The molecule has 0 aliphatic carbocycles. The van der Waals surface area contributed by atoms with Crippen LogP contribution in [-0.4, -0.2) is 75.3 Å². The van der Waals surface area contributed by atoms with Crippen molar-refractivity contribution in [3.8, 4) is 0 Å². The fourth-order valence-corrected chi connectivity index (χ4v) is 4.62. The second-order valence-electron chi connectivity index (χ2n) is 8.62. The lowest BCUT2D eigenvalue weighted by molar-refractivity contribution is -0.150. The van der Waals surface area contributed by atoms with Crippen LogP contribution in [0.2, 0.25) is 0 Å². The summed E-state index contributed by atoms with van der Waals surface area (Å²) in [5.74, 6) is -0.268. The number of rotatable bonds is 12. The zero-order valence-electron chi connectivity index (χ0n) is 19.3. The van der Waals surface area contributed by atoms with Gasteiger partial charge in [0.05, 0.1) is 11.5 Å². The summed E-state index contributed by atoms with van der Waals surface area (Å²) < 4.78 is 28.4. The summed E-state index contributed by atoms with van der Waals surface area (Å²) in [5, 5.41) is 0. The van der Waals surface area contributed by atoms with Crippen LogP contribution in [-0.2, 0) is 25.9 Å². The van der Waals surface area contributed by atoms with Crippen LogP contribution in [0.25, 0.3) is 0 Å². The van der Waals surface area contributed by atoms with Crippen molar-refractivity contribution in [1.82, 2.24) is 9.80 Å². The van der Waals surface area contributed by atoms with Gasteiger partial charge in [0.1, 0.15) is 5.54 Å². The van der Waals surface area contributed by atoms with Crippen LogP contribution >= 0.6 is 0 Å². The van der Waals surface area contributed by atoms with Gasteiger partial charge in [0, 0.05) is 39.0 Å². The standard InChI is InChI=1S/C23H39N3O4S/c1-4-6-12-23(24,22(27)30-5-2)13-7-14-25-15-17-26(18-16-25)19-20-8-10-21(11-9-20)31(3,28)29/h8-11H,4-7,12-19,24H2,1-3H3. The van der Waals surface area contributed by atoms with Crippen molar-refractivity contribution in [2.75, 3.05) is 45.6 Å². The highest BCUT2D eigenvalue weighted by molar-refractivity contribution is 7.90. The monoisotopic (exact) mass is 453 g/mol. The highest BCUT2D eigenvalue weighted by Gasteiger charge is 2.34. The van der Waals surface area contributed by atoms with Crippen molar-refractivity contribution in [3.63, 3.8) is 0 Å². The molecule has 0 radical (unpaired) electrons. The lowest BCUT2D eigenvalue weighted by atomic mass is 9.88. The molecule has 0 amide bonds. The maximum Gasteiger partial charge on any atom is 0.326 e. The molecule has 1 atom stereocenters. The van der Waals surface area contributed by atoms with Crippen LogP contribution < -0.4 is 5.73 Å². The number of nitrogens with zero attached hydrogens (tertiary/aromatic N) is 2. The molecule has 7 nitrogen and oxygen atoms in total. The summed E-state index contributed by atoms with van der Waals surface area (Å²) in [6.45, 7) is 9.93. The molecule has 2 rings (SSSR count). The van der Waals surface area contributed by atoms with E-state index in [1.807, 2.05) is 19.1 Å². The largest absolute Gasteiger partial charge is 0.465 e. The van der Waals surface area contributed by atoms with E-state index in [1.165, 1.54) is 6.26 Å². The number of carbonyl (C=O) groups is 1. The zero-order valence-corrected chi connectivity index (χ0v) is 20.1. The molecular weight excluding hydrogens is 414 g/mol. The van der Waals surface area contributed by atoms with E-state index in [9.17, 15) is 13.2 Å². The number of ether oxygens (including phenoxy) is 1. The summed E-state index contributed by atoms with van der Waals surface area (Å²) in [4.78, 5) is 17.5. The van der Waals surface area contributed by atoms with Gasteiger partial charge in [-0.1, -0.05) is 31.9 Å². The highest BCUT2D eigenvalue weighted by atomic mass is 32.2. The van der Waals surface area contributed by atoms with Crippen LogP contribution in [0.4, 0.5) is 0 Å². The lowest BCUT2D eigenvalue weighted by Crippen LogP contribution is -2.50. The van der Waals surface area contributed by atoms with E-state index < -0.39 is 15.4 Å². The predicted octanol–water partition coefficient (Wildman–Crippen LogP) is 2.44. The number of unbranched alkanes of at least 4 members (excludes halogenated alkanes) is 1. The zero-order chi connectivity index (χ0) is 22.9. The molecule has 1 unspecified atom stereocenters. The minimum Gasteiger partial charge on any atom is -0.465 e. The number of hydrogen-bond donors (Lipinski definition) is 1. The molecule has 0 bridgehead atoms. The summed E-state index contributed by atoms with van der Waals surface area (Å²) in [5.41, 5.74) is 6.69. The van der Waals surface area contributed by atoms with Crippen LogP contribution in [0.5, 0.6) is 0 Å². The average molecular weight is 454 g/mol. The van der Waals surface area contributed by atoms with Crippen molar-refractivity contribution in [2.24, 2.45) is 5.73 Å². The van der Waals surface area contributed by atoms with Crippen LogP contribution in [0, 0.1) is 0 Å². The molecule has 1 saturated heterocycles. The lowest BCUT2D eigenvalue weighted by Gasteiger charge is -2.35. The first-order valence-electron chi connectivity index (χ1n) is 11.4. The molecule has 1 aliphatic heterocycles. The normalized spacial score (nSPS) is 17.9. The van der Waals surface area contributed by atoms with E-state index in [-0.39, 0.29) is 5.97 Å². The molecule has 0 spiro atoms. The van der Waals surface area contributed by atoms with Gasteiger partial charge < -0.3 is 15.4 Å². The van der Waals surface area contributed by atoms with Gasteiger partial charge in [-0.25, -0.2) is 8.42 Å². The van der Waals surface area contributed by atoms with E-state index in [1.54, 1.807) is 12.1 Å². The smallest absolute Gasteiger partial charge is 0.326 e. The number of hydrogen-bond acceptors (Lipinski definition) is 7. The van der Waals surface area contributed by atoms with Crippen molar-refractivity contribution in [3.05, 3.63) is 29.8 Å². The highest BCUT2D eigenvalue weighted by Crippen LogP contribution is 2.21. The van der Waals surface area contributed by atoms with Crippen molar-refractivity contribution in [1.29, 1.82) is 0 Å². The van der Waals surface area contributed by atoms with Gasteiger partial charge in [0.15, 0.2) is 9.84 Å². The molecule has 176 valence electrons. The minimum atomic E-state index is -3.15. The second-order valence-corrected chi connectivity index (χ2v) is 10.6. The quantitative estimate of drug-likeness (QED) is 0.486. The van der Waals surface area contributed by atoms with Gasteiger partial charge in [-0.2, -0.15) is 0 Å². The Labute approximate surface area is 187 Å². The fourth-order valence-electron chi connectivity index (χ4n) is 3.99. The molecule has 2 N–H and O–H groups in total. The van der Waals surface area contributed by atoms with Crippen molar-refractivity contribution < 1.29 is 17.9 Å². The summed E-state index contributed by atoms with van der Waals surface area (Å²) in [6.07, 6.45) is 5.38. The summed E-state index contributed by atoms with van der Waals surface area (Å²) in [7, 11) is -3.15. The third kappa shape index (κ3) is 8.18. The van der Waals surface area contributed by atoms with E-state index in [0.29, 0.717) is 24.3 Å². The van der Waals surface area contributed by atoms with Crippen molar-refractivity contribution >= 4 is 15.8 Å². The predicted molar refractivity (Wildman–Crippen MR) is 124 cm³/mol. The third-order valence-electron chi connectivity index (χ3n) is 5.98. The van der Waals surface area contributed by atoms with E-state index >= 15 is 0 Å². The number of benzene rings is 1. The molecule has 1 aromatic carbocycles. The molecule has 8 heteroatoms. The van der Waals surface area contributed by atoms with Gasteiger partial charge >= 0.3 is 5.97 Å². The Hall–Kier alpha value is -1.48. The first-order valence-corrected chi connectivity index (χ1v) is 13.3. The number of carbonyl (C=O) groups excluding carboxylic acids is 1. The SMILES string of the molecule is CCCCC(N)(CCCN1CCN(Cc2ccc(S(C)(=O)=O)cc2)CC1)C(=O)OCC. The molecule has 1 heterocycles. The maximum atomic E-state index is 12.3. The average Bonchev–Trinajstić information content (AvgIpc) is 2.73. The maximum absolute atomic E-state index is 12.3. The van der Waals surface area contributed by atoms with Crippen LogP contribution in [0.1, 0.15) is 51.5 Å². The molecule has 31 heavy (non-hydrogen) atoms. The Morgan fingerprint density at radius 1 is 1.03 bits per heavy atom. The second kappa shape index (κ2) is 11.9. The van der Waals surface area contributed by atoms with Crippen molar-refractivity contribution in [2.45, 2.75) is 62.9 Å². The van der Waals surface area contributed by atoms with Gasteiger partial charge in [0.25, 0.3) is 0 Å². The topological polar surface area (TPSA) is 92.9 Å². The Kier molecular flexibility index (Phi) is 9.93. The number of sulfone groups is 1. The van der Waals surface area contributed by atoms with Crippen LogP contribution in [0.3, 0.4) is 0 Å². The number of esters is 1. The molecular formula is C23H39N3O4S. The van der Waals surface area contributed by atoms with Gasteiger partial charge in [-0.15, -0.1) is 0 Å². The Morgan fingerprint density at radius 2 is 1.61 bits per heavy atom. The van der Waals surface area contributed by atoms with E-state index in [4.69, 9.17) is 10.5 Å². The molecule has 0 saturated carbocycles. The Morgan fingerprint density at radius 3 is 2.16 bits per heavy atom. The Bertz CT molecular complexity index is 790. The van der Waals surface area contributed by atoms with Gasteiger partial charge in [0.2, 0.25) is 0 Å². The van der Waals surface area contributed by atoms with Crippen LogP contribution in [0.15, 0.2) is 29.2 Å². The van der Waals surface area contributed by atoms with E-state index in [2.05, 4.69) is 16.7 Å². The van der Waals surface area contributed by atoms with Gasteiger partial charge in [-0.3, -0.25) is 9.69 Å². The third-order valence-corrected chi connectivity index (χ3v) is 7.11. The molecule has 1 fully saturated rings. The summed E-state index contributed by atoms with van der Waals surface area (Å²) >= 11 is 0. The molecule has 1 aliphatic rings. The molecule has 0 aromatic heterocycles. The number of nitrogens with two attached hydrogens (primary N) is 1.